The third kappa shape index (κ3) is 6.79. The Kier molecular flexibility index (Phi) is 8.96. The molecule has 200 valence electrons. The molecule has 0 aromatic heterocycles. The van der Waals surface area contributed by atoms with Crippen LogP contribution in [0.2, 0.25) is 0 Å². The van der Waals surface area contributed by atoms with Crippen molar-refractivity contribution in [3.63, 3.8) is 0 Å². The van der Waals surface area contributed by atoms with Crippen molar-refractivity contribution < 1.29 is 8.42 Å². The molecule has 0 bridgehead atoms. The fraction of sp³-hybridized carbons (Fsp3) is 0.0588. The van der Waals surface area contributed by atoms with Crippen LogP contribution >= 0.6 is 23.9 Å². The van der Waals surface area contributed by atoms with Crippen LogP contribution in [0, 0.1) is 6.92 Å². The lowest BCUT2D eigenvalue weighted by Gasteiger charge is -2.28. The molecule has 0 amide bonds. The molecule has 0 saturated carbocycles. The number of aryl methyl sites for hydroxylation is 1. The van der Waals surface area contributed by atoms with E-state index in [1.54, 1.807) is 12.1 Å². The number of hydrogen-bond donors (Lipinski definition) is 1. The van der Waals surface area contributed by atoms with Gasteiger partial charge in [0.1, 0.15) is 0 Å². The molecule has 0 heterocycles. The monoisotopic (exact) mass is 625 g/mol. The number of halogens is 1. The lowest BCUT2D eigenvalue weighted by molar-refractivity contribution is 0.591. The summed E-state index contributed by atoms with van der Waals surface area (Å²) in [6.07, 6.45) is 2.09. The largest absolute Gasteiger partial charge is 0.279 e. The summed E-state index contributed by atoms with van der Waals surface area (Å²) >= 11 is 3.58. The van der Waals surface area contributed by atoms with Crippen LogP contribution in [0.4, 0.5) is 0 Å². The van der Waals surface area contributed by atoms with Crippen LogP contribution in [0.25, 0.3) is 5.70 Å². The Hall–Kier alpha value is -3.50. The van der Waals surface area contributed by atoms with Crippen molar-refractivity contribution in [3.05, 3.63) is 167 Å². The highest BCUT2D eigenvalue weighted by atomic mass is 79.9. The number of sulfonamides is 1. The lowest BCUT2D eigenvalue weighted by Crippen LogP contribution is -2.24. The van der Waals surface area contributed by atoms with Gasteiger partial charge in [-0.2, -0.15) is 0 Å². The molecule has 0 aliphatic carbocycles. The highest BCUT2D eigenvalue weighted by Crippen LogP contribution is 2.51. The summed E-state index contributed by atoms with van der Waals surface area (Å²) < 4.78 is 31.2. The van der Waals surface area contributed by atoms with Crippen LogP contribution in [-0.2, 0) is 10.0 Å². The van der Waals surface area contributed by atoms with Gasteiger partial charge in [-0.05, 0) is 66.9 Å². The number of allylic oxidation sites excluding steroid dienone is 1. The highest BCUT2D eigenvalue weighted by Gasteiger charge is 2.27. The first kappa shape index (κ1) is 28.0. The van der Waals surface area contributed by atoms with Gasteiger partial charge < -0.3 is 0 Å². The van der Waals surface area contributed by atoms with Crippen LogP contribution in [0.15, 0.2) is 155 Å². The van der Waals surface area contributed by atoms with E-state index in [1.807, 2.05) is 73.7 Å². The van der Waals surface area contributed by atoms with Gasteiger partial charge in [-0.15, -0.1) is 0 Å². The molecule has 6 heteroatoms. The van der Waals surface area contributed by atoms with E-state index in [0.29, 0.717) is 5.70 Å². The normalized spacial score (nSPS) is 12.7. The summed E-state index contributed by atoms with van der Waals surface area (Å²) in [5.41, 5.74) is 3.34. The highest BCUT2D eigenvalue weighted by molar-refractivity contribution is 9.10. The Balaban J connectivity index is 1.71. The summed E-state index contributed by atoms with van der Waals surface area (Å²) in [6.45, 7) is 1.94. The molecule has 1 N–H and O–H groups in total. The molecule has 5 aromatic rings. The Morgan fingerprint density at radius 3 is 1.73 bits per heavy atom. The van der Waals surface area contributed by atoms with Crippen molar-refractivity contribution in [2.75, 3.05) is 0 Å². The van der Waals surface area contributed by atoms with E-state index in [9.17, 15) is 8.42 Å². The predicted molar refractivity (Wildman–Crippen MR) is 172 cm³/mol. The number of nitrogens with one attached hydrogen (secondary N) is 1. The van der Waals surface area contributed by atoms with E-state index >= 15 is 0 Å². The first-order chi connectivity index (χ1) is 19.4. The number of hydrogen-bond acceptors (Lipinski definition) is 2. The first-order valence-corrected chi connectivity index (χ1v) is 16.6. The minimum absolute atomic E-state index is 0.121. The molecule has 0 unspecified atom stereocenters. The standard InChI is InChI=1S/C34H29BrNO2PS/c1-26-17-23-32(24-18-26)40(37,38)36-33(27-11-5-2-6-12-27)25-34(28-19-21-29(35)22-20-28)39(30-13-7-3-8-14-30)31-15-9-4-10-16-31/h2-25,34,36H,1H3/b33-25-/t34-/m1/s1. The van der Waals surface area contributed by atoms with Crippen LogP contribution in [0.3, 0.4) is 0 Å². The second-order valence-electron chi connectivity index (χ2n) is 9.40. The van der Waals surface area contributed by atoms with E-state index in [-0.39, 0.29) is 10.6 Å². The van der Waals surface area contributed by atoms with Crippen molar-refractivity contribution in [2.45, 2.75) is 17.5 Å². The van der Waals surface area contributed by atoms with Crippen LogP contribution in [-0.4, -0.2) is 8.42 Å². The fourth-order valence-corrected chi connectivity index (χ4v) is 8.56. The number of rotatable bonds is 9. The topological polar surface area (TPSA) is 46.2 Å². The summed E-state index contributed by atoms with van der Waals surface area (Å²) in [5.74, 6) is 0. The molecule has 40 heavy (non-hydrogen) atoms. The molecular weight excluding hydrogens is 597 g/mol. The minimum Gasteiger partial charge on any atom is -0.279 e. The molecular formula is C34H29BrNO2PS. The Labute approximate surface area is 246 Å². The van der Waals surface area contributed by atoms with E-state index in [1.165, 1.54) is 10.6 Å². The van der Waals surface area contributed by atoms with Crippen LogP contribution < -0.4 is 15.3 Å². The van der Waals surface area contributed by atoms with Gasteiger partial charge in [0.05, 0.1) is 10.6 Å². The predicted octanol–water partition coefficient (Wildman–Crippen LogP) is 7.95. The van der Waals surface area contributed by atoms with Gasteiger partial charge in [-0.25, -0.2) is 8.42 Å². The quantitative estimate of drug-likeness (QED) is 0.169. The van der Waals surface area contributed by atoms with Gasteiger partial charge in [0.25, 0.3) is 10.0 Å². The van der Waals surface area contributed by atoms with Gasteiger partial charge in [0.15, 0.2) is 0 Å². The lowest BCUT2D eigenvalue weighted by atomic mass is 10.1. The maximum atomic E-state index is 13.6. The Morgan fingerprint density at radius 1 is 0.700 bits per heavy atom. The third-order valence-corrected chi connectivity index (χ3v) is 11.2. The van der Waals surface area contributed by atoms with Crippen LogP contribution in [0.1, 0.15) is 22.3 Å². The average Bonchev–Trinajstić information content (AvgIpc) is 2.98. The van der Waals surface area contributed by atoms with Gasteiger partial charge in [-0.3, -0.25) is 4.72 Å². The Morgan fingerprint density at radius 2 is 1.20 bits per heavy atom. The van der Waals surface area contributed by atoms with Crippen molar-refractivity contribution in [1.82, 2.24) is 4.72 Å². The zero-order valence-electron chi connectivity index (χ0n) is 22.0. The molecule has 3 nitrogen and oxygen atoms in total. The van der Waals surface area contributed by atoms with E-state index < -0.39 is 17.9 Å². The molecule has 0 aliphatic rings. The van der Waals surface area contributed by atoms with Crippen molar-refractivity contribution in [2.24, 2.45) is 0 Å². The van der Waals surface area contributed by atoms with E-state index in [2.05, 4.69) is 87.4 Å². The third-order valence-electron chi connectivity index (χ3n) is 6.54. The second-order valence-corrected chi connectivity index (χ2v) is 14.3. The van der Waals surface area contributed by atoms with Crippen LogP contribution in [0.5, 0.6) is 0 Å². The minimum atomic E-state index is -3.83. The van der Waals surface area contributed by atoms with Gasteiger partial charge >= 0.3 is 0 Å². The molecule has 0 fully saturated rings. The summed E-state index contributed by atoms with van der Waals surface area (Å²) in [7, 11) is -4.78. The molecule has 5 rings (SSSR count). The molecule has 5 aromatic carbocycles. The summed E-state index contributed by atoms with van der Waals surface area (Å²) in [4.78, 5) is 0.230. The zero-order chi connectivity index (χ0) is 28.0. The average molecular weight is 627 g/mol. The maximum Gasteiger partial charge on any atom is 0.261 e. The van der Waals surface area contributed by atoms with Crippen molar-refractivity contribution in [3.8, 4) is 0 Å². The molecule has 0 spiro atoms. The second kappa shape index (κ2) is 12.8. The van der Waals surface area contributed by atoms with Crippen molar-refractivity contribution >= 4 is 50.2 Å². The number of benzene rings is 5. The van der Waals surface area contributed by atoms with E-state index in [0.717, 1.165) is 21.2 Å². The smallest absolute Gasteiger partial charge is 0.261 e. The maximum absolute atomic E-state index is 13.6. The SMILES string of the molecule is Cc1ccc(S(=O)(=O)N/C(=C\[C@H](c2ccc(Br)cc2)P(c2ccccc2)c2ccccc2)c2ccccc2)cc1. The molecule has 1 atom stereocenters. The first-order valence-electron chi connectivity index (χ1n) is 12.9. The fourth-order valence-electron chi connectivity index (χ4n) is 4.51. The molecule has 0 radical (unpaired) electrons. The van der Waals surface area contributed by atoms with Gasteiger partial charge in [0, 0.05) is 10.1 Å². The van der Waals surface area contributed by atoms with Gasteiger partial charge in [0.2, 0.25) is 0 Å². The molecule has 0 aliphatic heterocycles. The van der Waals surface area contributed by atoms with E-state index in [4.69, 9.17) is 0 Å². The zero-order valence-corrected chi connectivity index (χ0v) is 25.3. The van der Waals surface area contributed by atoms with Crippen molar-refractivity contribution in [1.29, 1.82) is 0 Å². The Bertz CT molecular complexity index is 1640. The summed E-state index contributed by atoms with van der Waals surface area (Å²) in [5, 5.41) is 2.42. The summed E-state index contributed by atoms with van der Waals surface area (Å²) in [6, 6.07) is 45.9. The molecule has 0 saturated heterocycles. The van der Waals surface area contributed by atoms with Gasteiger partial charge in [-0.1, -0.05) is 137 Å².